The van der Waals surface area contributed by atoms with Crippen LogP contribution in [-0.4, -0.2) is 36.9 Å². The third kappa shape index (κ3) is 5.31. The Labute approximate surface area is 82.3 Å². The van der Waals surface area contributed by atoms with E-state index < -0.39 is 18.0 Å². The van der Waals surface area contributed by atoms with Gasteiger partial charge in [0.25, 0.3) is 0 Å². The van der Waals surface area contributed by atoms with Crippen molar-refractivity contribution < 1.29 is 24.2 Å². The molecule has 1 N–H and O–H groups in total. The molecule has 5 nitrogen and oxygen atoms in total. The van der Waals surface area contributed by atoms with Crippen LogP contribution < -0.4 is 0 Å². The van der Waals surface area contributed by atoms with Crippen molar-refractivity contribution in [2.75, 3.05) is 13.7 Å². The molecule has 0 fully saturated rings. The molecule has 0 aliphatic heterocycles. The molecule has 0 saturated heterocycles. The zero-order chi connectivity index (χ0) is 11.1. The molecule has 5 heteroatoms. The Morgan fingerprint density at radius 1 is 1.50 bits per heavy atom. The Morgan fingerprint density at radius 3 is 2.50 bits per heavy atom. The molecule has 0 aliphatic carbocycles. The molecular formula is C9H14O5. The normalized spacial score (nSPS) is 11.6. The topological polar surface area (TPSA) is 72.8 Å². The molecule has 0 aromatic rings. The van der Waals surface area contributed by atoms with E-state index >= 15 is 0 Å². The quantitative estimate of drug-likeness (QED) is 0.503. The highest BCUT2D eigenvalue weighted by Crippen LogP contribution is 2.02. The van der Waals surface area contributed by atoms with E-state index in [0.29, 0.717) is 0 Å². The highest BCUT2D eigenvalue weighted by molar-refractivity contribution is 5.93. The molecule has 80 valence electrons. The van der Waals surface area contributed by atoms with E-state index in [1.54, 1.807) is 0 Å². The van der Waals surface area contributed by atoms with Gasteiger partial charge in [0.1, 0.15) is 6.61 Å². The Hall–Kier alpha value is -1.36. The number of esters is 2. The number of hydrogen-bond donors (Lipinski definition) is 1. The molecule has 0 bridgehead atoms. The third-order valence-electron chi connectivity index (χ3n) is 1.32. The lowest BCUT2D eigenvalue weighted by atomic mass is 10.2. The fourth-order valence-corrected chi connectivity index (χ4v) is 0.655. The van der Waals surface area contributed by atoms with Crippen LogP contribution in [0.5, 0.6) is 0 Å². The summed E-state index contributed by atoms with van der Waals surface area (Å²) in [6, 6.07) is 0. The summed E-state index contributed by atoms with van der Waals surface area (Å²) in [6.07, 6.45) is -0.940. The highest BCUT2D eigenvalue weighted by atomic mass is 16.5. The average molecular weight is 202 g/mol. The second-order valence-electron chi connectivity index (χ2n) is 2.80. The summed E-state index contributed by atoms with van der Waals surface area (Å²) in [5.41, 5.74) is 0.0306. The maximum absolute atomic E-state index is 11.0. The fourth-order valence-electron chi connectivity index (χ4n) is 0.655. The molecule has 0 aromatic carbocycles. The van der Waals surface area contributed by atoms with Crippen molar-refractivity contribution in [3.05, 3.63) is 12.2 Å². The van der Waals surface area contributed by atoms with E-state index in [2.05, 4.69) is 16.1 Å². The highest BCUT2D eigenvalue weighted by Gasteiger charge is 2.13. The second kappa shape index (κ2) is 6.15. The van der Waals surface area contributed by atoms with Crippen LogP contribution in [0, 0.1) is 0 Å². The minimum absolute atomic E-state index is 0.0306. The SMILES string of the molecule is C=C(CC(=O)OCC(C)O)C(=O)OC. The number of ether oxygens (including phenoxy) is 2. The van der Waals surface area contributed by atoms with Crippen LogP contribution in [0.2, 0.25) is 0 Å². The molecule has 0 rings (SSSR count). The number of aliphatic hydroxyl groups is 1. The minimum Gasteiger partial charge on any atom is -0.466 e. The van der Waals surface area contributed by atoms with Crippen LogP contribution in [0.3, 0.4) is 0 Å². The Bertz CT molecular complexity index is 231. The maximum Gasteiger partial charge on any atom is 0.333 e. The molecule has 0 aliphatic rings. The monoisotopic (exact) mass is 202 g/mol. The number of carbonyl (C=O) groups excluding carboxylic acids is 2. The van der Waals surface area contributed by atoms with Gasteiger partial charge in [0.05, 0.1) is 19.6 Å². The lowest BCUT2D eigenvalue weighted by molar-refractivity contribution is -0.147. The Balaban J connectivity index is 3.83. The van der Waals surface area contributed by atoms with Gasteiger partial charge in [0, 0.05) is 5.57 Å². The fraction of sp³-hybridized carbons (Fsp3) is 0.556. The van der Waals surface area contributed by atoms with Crippen molar-refractivity contribution in [3.8, 4) is 0 Å². The number of carbonyl (C=O) groups is 2. The summed E-state index contributed by atoms with van der Waals surface area (Å²) >= 11 is 0. The van der Waals surface area contributed by atoms with Gasteiger partial charge in [0.15, 0.2) is 0 Å². The summed E-state index contributed by atoms with van der Waals surface area (Å²) in [4.78, 5) is 21.8. The number of aliphatic hydroxyl groups excluding tert-OH is 1. The van der Waals surface area contributed by atoms with E-state index in [1.807, 2.05) is 0 Å². The zero-order valence-corrected chi connectivity index (χ0v) is 8.28. The van der Waals surface area contributed by atoms with Crippen LogP contribution in [0.1, 0.15) is 13.3 Å². The van der Waals surface area contributed by atoms with Gasteiger partial charge in [-0.3, -0.25) is 4.79 Å². The minimum atomic E-state index is -0.717. The van der Waals surface area contributed by atoms with E-state index in [0.717, 1.165) is 0 Å². The first-order valence-electron chi connectivity index (χ1n) is 4.07. The third-order valence-corrected chi connectivity index (χ3v) is 1.32. The molecular weight excluding hydrogens is 188 g/mol. The second-order valence-corrected chi connectivity index (χ2v) is 2.80. The van der Waals surface area contributed by atoms with Gasteiger partial charge in [-0.1, -0.05) is 6.58 Å². The lowest BCUT2D eigenvalue weighted by Gasteiger charge is -2.06. The Kier molecular flexibility index (Phi) is 5.55. The molecule has 0 heterocycles. The smallest absolute Gasteiger partial charge is 0.333 e. The maximum atomic E-state index is 11.0. The largest absolute Gasteiger partial charge is 0.466 e. The Morgan fingerprint density at radius 2 is 2.07 bits per heavy atom. The predicted octanol–water partition coefficient (Wildman–Crippen LogP) is 0.0297. The van der Waals surface area contributed by atoms with Crippen molar-refractivity contribution in [2.24, 2.45) is 0 Å². The lowest BCUT2D eigenvalue weighted by Crippen LogP contribution is -2.17. The van der Waals surface area contributed by atoms with Crippen LogP contribution in [0.15, 0.2) is 12.2 Å². The van der Waals surface area contributed by atoms with Gasteiger partial charge in [-0.2, -0.15) is 0 Å². The molecule has 0 spiro atoms. The van der Waals surface area contributed by atoms with Gasteiger partial charge >= 0.3 is 11.9 Å². The molecule has 0 aromatic heterocycles. The summed E-state index contributed by atoms with van der Waals surface area (Å²) in [6.45, 7) is 4.75. The van der Waals surface area contributed by atoms with Gasteiger partial charge in [-0.25, -0.2) is 4.79 Å². The van der Waals surface area contributed by atoms with Crippen molar-refractivity contribution >= 4 is 11.9 Å². The van der Waals surface area contributed by atoms with Crippen LogP contribution in [-0.2, 0) is 19.1 Å². The summed E-state index contributed by atoms with van der Waals surface area (Å²) in [5.74, 6) is -1.25. The summed E-state index contributed by atoms with van der Waals surface area (Å²) in [7, 11) is 1.20. The number of rotatable bonds is 5. The molecule has 1 unspecified atom stereocenters. The van der Waals surface area contributed by atoms with Crippen molar-refractivity contribution in [3.63, 3.8) is 0 Å². The average Bonchev–Trinajstić information content (AvgIpc) is 2.13. The number of methoxy groups -OCH3 is 1. The van der Waals surface area contributed by atoms with Crippen LogP contribution >= 0.6 is 0 Å². The van der Waals surface area contributed by atoms with Crippen LogP contribution in [0.4, 0.5) is 0 Å². The van der Waals surface area contributed by atoms with Gasteiger partial charge in [-0.15, -0.1) is 0 Å². The standard InChI is InChI=1S/C9H14O5/c1-6(9(12)13-3)4-8(11)14-5-7(2)10/h7,10H,1,4-5H2,2-3H3. The van der Waals surface area contributed by atoms with Crippen LogP contribution in [0.25, 0.3) is 0 Å². The van der Waals surface area contributed by atoms with E-state index in [9.17, 15) is 9.59 Å². The molecule has 0 radical (unpaired) electrons. The molecule has 14 heavy (non-hydrogen) atoms. The van der Waals surface area contributed by atoms with E-state index in [1.165, 1.54) is 14.0 Å². The van der Waals surface area contributed by atoms with Gasteiger partial charge < -0.3 is 14.6 Å². The summed E-state index contributed by atoms with van der Waals surface area (Å²) < 4.78 is 8.95. The number of hydrogen-bond acceptors (Lipinski definition) is 5. The first-order chi connectivity index (χ1) is 6.47. The molecule has 0 amide bonds. The molecule has 1 atom stereocenters. The first kappa shape index (κ1) is 12.6. The first-order valence-corrected chi connectivity index (χ1v) is 4.07. The van der Waals surface area contributed by atoms with Crippen molar-refractivity contribution in [1.29, 1.82) is 0 Å². The zero-order valence-electron chi connectivity index (χ0n) is 8.28. The predicted molar refractivity (Wildman–Crippen MR) is 48.4 cm³/mol. The van der Waals surface area contributed by atoms with Crippen molar-refractivity contribution in [2.45, 2.75) is 19.4 Å². The van der Waals surface area contributed by atoms with Gasteiger partial charge in [-0.05, 0) is 6.92 Å². The molecule has 0 saturated carbocycles. The summed E-state index contributed by atoms with van der Waals surface area (Å²) in [5, 5.41) is 8.80. The van der Waals surface area contributed by atoms with Crippen molar-refractivity contribution in [1.82, 2.24) is 0 Å². The van der Waals surface area contributed by atoms with E-state index in [-0.39, 0.29) is 18.6 Å². The van der Waals surface area contributed by atoms with E-state index in [4.69, 9.17) is 5.11 Å². The van der Waals surface area contributed by atoms with Gasteiger partial charge in [0.2, 0.25) is 0 Å².